The molecule has 0 unspecified atom stereocenters. The van der Waals surface area contributed by atoms with Gasteiger partial charge in [-0.3, -0.25) is 9.59 Å². The zero-order chi connectivity index (χ0) is 27.3. The predicted octanol–water partition coefficient (Wildman–Crippen LogP) is 4.30. The highest BCUT2D eigenvalue weighted by Crippen LogP contribution is 2.40. The molecule has 0 aliphatic carbocycles. The van der Waals surface area contributed by atoms with Crippen LogP contribution in [0.25, 0.3) is 5.76 Å². The van der Waals surface area contributed by atoms with Crippen molar-refractivity contribution in [3.05, 3.63) is 70.8 Å². The number of aliphatic hydroxyl groups excluding tert-OH is 1. The van der Waals surface area contributed by atoms with Crippen LogP contribution in [-0.4, -0.2) is 67.8 Å². The number of likely N-dealkylation sites (tertiary alicyclic amines) is 1. The zero-order valence-electron chi connectivity index (χ0n) is 22.1. The van der Waals surface area contributed by atoms with Gasteiger partial charge in [-0.15, -0.1) is 0 Å². The van der Waals surface area contributed by atoms with Crippen molar-refractivity contribution in [2.75, 3.05) is 33.4 Å². The molecule has 37 heavy (non-hydrogen) atoms. The van der Waals surface area contributed by atoms with Gasteiger partial charge in [-0.2, -0.15) is 4.31 Å². The minimum absolute atomic E-state index is 0.0148. The van der Waals surface area contributed by atoms with E-state index in [9.17, 15) is 23.1 Å². The largest absolute Gasteiger partial charge is 0.507 e. The van der Waals surface area contributed by atoms with Gasteiger partial charge in [0.05, 0.1) is 16.5 Å². The summed E-state index contributed by atoms with van der Waals surface area (Å²) in [7, 11) is -2.10. The summed E-state index contributed by atoms with van der Waals surface area (Å²) in [5, 5.41) is 11.3. The molecule has 1 saturated heterocycles. The van der Waals surface area contributed by atoms with Crippen molar-refractivity contribution in [3.8, 4) is 0 Å². The maximum absolute atomic E-state index is 13.2. The van der Waals surface area contributed by atoms with Gasteiger partial charge < -0.3 is 14.7 Å². The molecule has 2 aromatic rings. The molecule has 9 heteroatoms. The van der Waals surface area contributed by atoms with Gasteiger partial charge in [0.15, 0.2) is 0 Å². The minimum atomic E-state index is -3.67. The number of Topliss-reactive ketones (excluding diaryl/α,β-unsaturated/α-hetero) is 1. The molecule has 2 aromatic carbocycles. The number of ether oxygens (including phenoxy) is 1. The summed E-state index contributed by atoms with van der Waals surface area (Å²) in [6.07, 6.45) is 0.530. The Bertz CT molecular complexity index is 1250. The number of hydrogen-bond donors (Lipinski definition) is 1. The van der Waals surface area contributed by atoms with E-state index < -0.39 is 27.8 Å². The number of methoxy groups -OCH3 is 1. The number of sulfonamides is 1. The van der Waals surface area contributed by atoms with E-state index in [2.05, 4.69) is 13.8 Å². The third-order valence-corrected chi connectivity index (χ3v) is 8.74. The lowest BCUT2D eigenvalue weighted by atomic mass is 9.93. The highest BCUT2D eigenvalue weighted by molar-refractivity contribution is 7.89. The molecule has 8 nitrogen and oxygen atoms in total. The van der Waals surface area contributed by atoms with Gasteiger partial charge in [-0.25, -0.2) is 8.42 Å². The molecule has 0 aromatic heterocycles. The molecule has 0 bridgehead atoms. The van der Waals surface area contributed by atoms with Crippen LogP contribution >= 0.6 is 0 Å². The molecular formula is C28H36N2O6S. The van der Waals surface area contributed by atoms with Crippen LogP contribution in [0.4, 0.5) is 0 Å². The topological polar surface area (TPSA) is 104 Å². The van der Waals surface area contributed by atoms with Gasteiger partial charge in [-0.1, -0.05) is 52.0 Å². The van der Waals surface area contributed by atoms with E-state index in [4.69, 9.17) is 4.74 Å². The van der Waals surface area contributed by atoms with E-state index in [0.717, 1.165) is 5.56 Å². The first-order valence-electron chi connectivity index (χ1n) is 12.6. The van der Waals surface area contributed by atoms with E-state index in [1.165, 1.54) is 33.5 Å². The predicted molar refractivity (Wildman–Crippen MR) is 143 cm³/mol. The molecule has 3 rings (SSSR count). The standard InChI is InChI=1S/C28H36N2O6S/c1-6-29(7-2)37(34,35)23-15-13-22(14-16-23)26(31)24-25(21-11-9-20(10-12-21)19(3)4)30(17-8-18-36-5)28(33)27(24)32/h9-16,19,25,31H,6-8,17-18H2,1-5H3/t25-/m1/s1. The number of benzene rings is 2. The number of aliphatic hydroxyl groups is 1. The Balaban J connectivity index is 2.08. The van der Waals surface area contributed by atoms with Crippen LogP contribution in [0.5, 0.6) is 0 Å². The second-order valence-electron chi connectivity index (χ2n) is 9.27. The Morgan fingerprint density at radius 1 is 1.03 bits per heavy atom. The van der Waals surface area contributed by atoms with Crippen molar-refractivity contribution in [2.24, 2.45) is 0 Å². The molecule has 1 amide bonds. The molecule has 1 atom stereocenters. The van der Waals surface area contributed by atoms with E-state index in [1.54, 1.807) is 21.0 Å². The third kappa shape index (κ3) is 5.79. The number of hydrogen-bond acceptors (Lipinski definition) is 6. The number of ketones is 1. The Hall–Kier alpha value is -3.01. The fourth-order valence-corrected chi connectivity index (χ4v) is 6.01. The van der Waals surface area contributed by atoms with Crippen molar-refractivity contribution >= 4 is 27.5 Å². The fraction of sp³-hybridized carbons (Fsp3) is 0.429. The van der Waals surface area contributed by atoms with Crippen molar-refractivity contribution in [3.63, 3.8) is 0 Å². The highest BCUT2D eigenvalue weighted by atomic mass is 32.2. The van der Waals surface area contributed by atoms with E-state index in [0.29, 0.717) is 37.6 Å². The van der Waals surface area contributed by atoms with Crippen molar-refractivity contribution in [2.45, 2.75) is 51.0 Å². The second-order valence-corrected chi connectivity index (χ2v) is 11.2. The van der Waals surface area contributed by atoms with Crippen molar-refractivity contribution < 1.29 is 27.9 Å². The van der Waals surface area contributed by atoms with Gasteiger partial charge in [0.1, 0.15) is 5.76 Å². The quantitative estimate of drug-likeness (QED) is 0.202. The third-order valence-electron chi connectivity index (χ3n) is 6.68. The Morgan fingerprint density at radius 3 is 2.14 bits per heavy atom. The molecule has 1 heterocycles. The average molecular weight is 529 g/mol. The fourth-order valence-electron chi connectivity index (χ4n) is 4.55. The molecule has 0 spiro atoms. The number of carbonyl (C=O) groups excluding carboxylic acids is 2. The molecular weight excluding hydrogens is 492 g/mol. The lowest BCUT2D eigenvalue weighted by Crippen LogP contribution is -2.31. The highest BCUT2D eigenvalue weighted by Gasteiger charge is 2.45. The summed E-state index contributed by atoms with van der Waals surface area (Å²) in [4.78, 5) is 27.8. The van der Waals surface area contributed by atoms with Gasteiger partial charge in [0.2, 0.25) is 10.0 Å². The van der Waals surface area contributed by atoms with Crippen LogP contribution in [-0.2, 0) is 24.3 Å². The van der Waals surface area contributed by atoms with Crippen LogP contribution in [0.3, 0.4) is 0 Å². The van der Waals surface area contributed by atoms with E-state index >= 15 is 0 Å². The zero-order valence-corrected chi connectivity index (χ0v) is 22.9. The van der Waals surface area contributed by atoms with Crippen LogP contribution in [0.2, 0.25) is 0 Å². The number of amides is 1. The Kier molecular flexibility index (Phi) is 9.28. The number of nitrogens with zero attached hydrogens (tertiary/aromatic N) is 2. The lowest BCUT2D eigenvalue weighted by Gasteiger charge is -2.25. The van der Waals surface area contributed by atoms with Crippen molar-refractivity contribution in [1.82, 2.24) is 9.21 Å². The number of carbonyl (C=O) groups is 2. The first-order chi connectivity index (χ1) is 17.6. The summed E-state index contributed by atoms with van der Waals surface area (Å²) in [5.74, 6) is -1.48. The summed E-state index contributed by atoms with van der Waals surface area (Å²) in [6, 6.07) is 12.6. The van der Waals surface area contributed by atoms with Crippen LogP contribution in [0.15, 0.2) is 59.0 Å². The SMILES string of the molecule is CCN(CC)S(=O)(=O)c1ccc(C(O)=C2C(=O)C(=O)N(CCCOC)[C@@H]2c2ccc(C(C)C)cc2)cc1. The molecule has 0 saturated carbocycles. The molecule has 1 fully saturated rings. The maximum atomic E-state index is 13.2. The van der Waals surface area contributed by atoms with E-state index in [1.807, 2.05) is 24.3 Å². The normalized spacial score (nSPS) is 17.8. The van der Waals surface area contributed by atoms with E-state index in [-0.39, 0.29) is 28.3 Å². The van der Waals surface area contributed by atoms with Crippen LogP contribution < -0.4 is 0 Å². The first kappa shape index (κ1) is 28.6. The smallest absolute Gasteiger partial charge is 0.295 e. The van der Waals surface area contributed by atoms with Crippen LogP contribution in [0.1, 0.15) is 62.8 Å². The summed E-state index contributed by atoms with van der Waals surface area (Å²) in [5.41, 5.74) is 2.07. The van der Waals surface area contributed by atoms with Gasteiger partial charge in [-0.05, 0) is 47.7 Å². The Labute approximate surface area is 219 Å². The summed E-state index contributed by atoms with van der Waals surface area (Å²) < 4.78 is 32.2. The summed E-state index contributed by atoms with van der Waals surface area (Å²) in [6.45, 7) is 9.07. The van der Waals surface area contributed by atoms with Gasteiger partial charge in [0, 0.05) is 38.9 Å². The lowest BCUT2D eigenvalue weighted by molar-refractivity contribution is -0.140. The monoisotopic (exact) mass is 528 g/mol. The molecule has 1 N–H and O–H groups in total. The van der Waals surface area contributed by atoms with Gasteiger partial charge in [0.25, 0.3) is 11.7 Å². The average Bonchev–Trinajstić information content (AvgIpc) is 3.14. The summed E-state index contributed by atoms with van der Waals surface area (Å²) >= 11 is 0. The minimum Gasteiger partial charge on any atom is -0.507 e. The first-order valence-corrected chi connectivity index (χ1v) is 14.0. The molecule has 200 valence electrons. The maximum Gasteiger partial charge on any atom is 0.295 e. The van der Waals surface area contributed by atoms with Crippen molar-refractivity contribution in [1.29, 1.82) is 0 Å². The molecule has 1 aliphatic rings. The number of rotatable bonds is 11. The van der Waals surface area contributed by atoms with Gasteiger partial charge >= 0.3 is 0 Å². The Morgan fingerprint density at radius 2 is 1.62 bits per heavy atom. The van der Waals surface area contributed by atoms with Crippen LogP contribution in [0, 0.1) is 0 Å². The molecule has 0 radical (unpaired) electrons. The second kappa shape index (κ2) is 12.0. The molecule has 1 aliphatic heterocycles.